The molecule has 5 heteroatoms. The molecule has 0 aromatic heterocycles. The molecule has 2 aromatic rings. The monoisotopic (exact) mass is 685 g/mol. The van der Waals surface area contributed by atoms with Crippen LogP contribution < -0.4 is 5.32 Å². The molecule has 3 atom stereocenters. The number of amidine groups is 2. The molecule has 0 saturated heterocycles. The third-order valence-corrected chi connectivity index (χ3v) is 9.73. The third-order valence-electron chi connectivity index (χ3n) is 9.73. The van der Waals surface area contributed by atoms with Gasteiger partial charge in [0.2, 0.25) is 0 Å². The molecule has 2 heterocycles. The zero-order valence-corrected chi connectivity index (χ0v) is 30.4. The summed E-state index contributed by atoms with van der Waals surface area (Å²) < 4.78 is 0. The first-order valence-corrected chi connectivity index (χ1v) is 18.9. The summed E-state index contributed by atoms with van der Waals surface area (Å²) in [6.07, 6.45) is 39.5. The number of allylic oxidation sites excluding steroid dienone is 14. The summed E-state index contributed by atoms with van der Waals surface area (Å²) in [5.41, 5.74) is 8.52. The number of unbranched alkanes of at least 4 members (excludes halogenated alkanes) is 1. The molecule has 2 aromatic carbocycles. The minimum absolute atomic E-state index is 0.0626. The fourth-order valence-corrected chi connectivity index (χ4v) is 6.99. The van der Waals surface area contributed by atoms with Crippen molar-refractivity contribution in [1.82, 2.24) is 5.32 Å². The van der Waals surface area contributed by atoms with Crippen LogP contribution in [0.4, 0.5) is 0 Å². The maximum atomic E-state index is 5.37. The van der Waals surface area contributed by atoms with Crippen molar-refractivity contribution in [3.63, 3.8) is 0 Å². The molecule has 0 saturated carbocycles. The predicted octanol–water partition coefficient (Wildman–Crippen LogP) is 11.1. The van der Waals surface area contributed by atoms with Crippen molar-refractivity contribution < 1.29 is 0 Å². The van der Waals surface area contributed by atoms with Gasteiger partial charge in [-0.1, -0.05) is 140 Å². The maximum absolute atomic E-state index is 5.37. The molecule has 6 rings (SSSR count). The van der Waals surface area contributed by atoms with Crippen LogP contribution in [0, 0.1) is 5.92 Å². The Hall–Kier alpha value is -5.42. The number of benzene rings is 2. The highest BCUT2D eigenvalue weighted by Crippen LogP contribution is 2.35. The molecule has 4 aliphatic rings. The van der Waals surface area contributed by atoms with E-state index in [0.29, 0.717) is 0 Å². The zero-order chi connectivity index (χ0) is 35.8. The molecule has 0 spiro atoms. The zero-order valence-electron chi connectivity index (χ0n) is 30.4. The first-order chi connectivity index (χ1) is 25.7. The normalized spacial score (nSPS) is 23.0. The van der Waals surface area contributed by atoms with Crippen molar-refractivity contribution in [2.45, 2.75) is 76.9 Å². The van der Waals surface area contributed by atoms with Gasteiger partial charge in [-0.15, -0.1) is 6.58 Å². The molecule has 0 amide bonds. The van der Waals surface area contributed by atoms with Crippen LogP contribution >= 0.6 is 0 Å². The fraction of sp³-hybridized carbons (Fsp3) is 0.277. The lowest BCUT2D eigenvalue weighted by Gasteiger charge is -2.32. The molecule has 264 valence electrons. The lowest BCUT2D eigenvalue weighted by Crippen LogP contribution is -2.34. The van der Waals surface area contributed by atoms with E-state index in [1.54, 1.807) is 6.34 Å². The van der Waals surface area contributed by atoms with Gasteiger partial charge < -0.3 is 5.32 Å². The first-order valence-electron chi connectivity index (χ1n) is 18.9. The summed E-state index contributed by atoms with van der Waals surface area (Å²) in [5, 5.41) is 3.32. The molecular weight excluding hydrogens is 635 g/mol. The van der Waals surface area contributed by atoms with Crippen molar-refractivity contribution in [2.24, 2.45) is 25.9 Å². The molecule has 2 aliphatic carbocycles. The molecule has 3 unspecified atom stereocenters. The average molecular weight is 686 g/mol. The van der Waals surface area contributed by atoms with Crippen LogP contribution in [0.25, 0.3) is 5.57 Å². The molecule has 1 N–H and O–H groups in total. The molecule has 2 aliphatic heterocycles. The summed E-state index contributed by atoms with van der Waals surface area (Å²) in [4.78, 5) is 19.9. The van der Waals surface area contributed by atoms with E-state index in [-0.39, 0.29) is 18.1 Å². The maximum Gasteiger partial charge on any atom is 0.158 e. The summed E-state index contributed by atoms with van der Waals surface area (Å²) in [6, 6.07) is 20.9. The Morgan fingerprint density at radius 1 is 0.923 bits per heavy atom. The van der Waals surface area contributed by atoms with Crippen LogP contribution in [0.2, 0.25) is 0 Å². The van der Waals surface area contributed by atoms with E-state index in [9.17, 15) is 0 Å². The molecule has 52 heavy (non-hydrogen) atoms. The topological polar surface area (TPSA) is 61.5 Å². The standard InChI is InChI=1S/C47H51N5/c1-3-5-6-19-33-44-50-45(39-26-15-9-16-27-39)41(4-2)46(51-44)42(38-24-13-8-14-25-38)32-20-30-37(36-22-11-7-12-23-36)31-21-34-43-48-35-49-47(52-43)40-28-17-10-18-29-40/h3,8-11,13-15,17-22,24-26,28-33,35,41,43,46H,1,4-7,12,16,23,27,34H2,2H3,(H,48,49,52)/b30-20+,31-21-,33-19+,37-36-,42-32+. The van der Waals surface area contributed by atoms with Gasteiger partial charge in [-0.2, -0.15) is 0 Å². The Morgan fingerprint density at radius 3 is 2.52 bits per heavy atom. The van der Waals surface area contributed by atoms with E-state index in [1.165, 1.54) is 40.0 Å². The summed E-state index contributed by atoms with van der Waals surface area (Å²) >= 11 is 0. The van der Waals surface area contributed by atoms with Gasteiger partial charge >= 0.3 is 0 Å². The Labute approximate surface area is 310 Å². The smallest absolute Gasteiger partial charge is 0.158 e. The summed E-state index contributed by atoms with van der Waals surface area (Å²) in [6.45, 7) is 6.16. The highest BCUT2D eigenvalue weighted by molar-refractivity contribution is 6.14. The molecular formula is C47H51N5. The van der Waals surface area contributed by atoms with E-state index in [1.807, 2.05) is 24.3 Å². The Kier molecular flexibility index (Phi) is 13.5. The van der Waals surface area contributed by atoms with Crippen LogP contribution in [0.5, 0.6) is 0 Å². The first kappa shape index (κ1) is 36.4. The fourth-order valence-electron chi connectivity index (χ4n) is 6.99. The number of aliphatic imine (C=N–C) groups is 4. The van der Waals surface area contributed by atoms with Gasteiger partial charge in [0.1, 0.15) is 12.0 Å². The number of hydrogen-bond acceptors (Lipinski definition) is 5. The summed E-state index contributed by atoms with van der Waals surface area (Å²) in [7, 11) is 0. The Balaban J connectivity index is 1.32. The lowest BCUT2D eigenvalue weighted by molar-refractivity contribution is 0.594. The molecule has 0 radical (unpaired) electrons. The van der Waals surface area contributed by atoms with E-state index < -0.39 is 0 Å². The Bertz CT molecular complexity index is 1910. The average Bonchev–Trinajstić information content (AvgIpc) is 3.21. The van der Waals surface area contributed by atoms with Crippen LogP contribution in [0.3, 0.4) is 0 Å². The van der Waals surface area contributed by atoms with Crippen molar-refractivity contribution in [2.75, 3.05) is 0 Å². The molecule has 0 bridgehead atoms. The van der Waals surface area contributed by atoms with Gasteiger partial charge in [-0.25, -0.2) is 15.0 Å². The van der Waals surface area contributed by atoms with Crippen LogP contribution in [0.15, 0.2) is 183 Å². The van der Waals surface area contributed by atoms with Gasteiger partial charge in [0, 0.05) is 17.9 Å². The van der Waals surface area contributed by atoms with E-state index in [2.05, 4.69) is 139 Å². The number of nitrogens with zero attached hydrogens (tertiary/aromatic N) is 4. The lowest BCUT2D eigenvalue weighted by atomic mass is 9.79. The number of hydrogen-bond donors (Lipinski definition) is 1. The van der Waals surface area contributed by atoms with Crippen molar-refractivity contribution in [1.29, 1.82) is 0 Å². The minimum atomic E-state index is -0.0635. The summed E-state index contributed by atoms with van der Waals surface area (Å²) in [5.74, 6) is 1.74. The van der Waals surface area contributed by atoms with Crippen molar-refractivity contribution >= 4 is 29.3 Å². The van der Waals surface area contributed by atoms with Gasteiger partial charge in [0.25, 0.3) is 0 Å². The molecule has 5 nitrogen and oxygen atoms in total. The van der Waals surface area contributed by atoms with E-state index >= 15 is 0 Å². The second-order valence-corrected chi connectivity index (χ2v) is 13.4. The second-order valence-electron chi connectivity index (χ2n) is 13.4. The highest BCUT2D eigenvalue weighted by atomic mass is 15.2. The second kappa shape index (κ2) is 19.3. The van der Waals surface area contributed by atoms with E-state index in [4.69, 9.17) is 15.0 Å². The van der Waals surface area contributed by atoms with Gasteiger partial charge in [-0.05, 0) is 85.3 Å². The minimum Gasteiger partial charge on any atom is -0.354 e. The van der Waals surface area contributed by atoms with Crippen LogP contribution in [-0.2, 0) is 0 Å². The van der Waals surface area contributed by atoms with Gasteiger partial charge in [-0.3, -0.25) is 4.99 Å². The van der Waals surface area contributed by atoms with Crippen molar-refractivity contribution in [3.05, 3.63) is 174 Å². The molecule has 0 fully saturated rings. The third kappa shape index (κ3) is 9.88. The number of rotatable bonds is 14. The predicted molar refractivity (Wildman–Crippen MR) is 223 cm³/mol. The highest BCUT2D eigenvalue weighted by Gasteiger charge is 2.33. The number of nitrogens with one attached hydrogen (secondary N) is 1. The quantitative estimate of drug-likeness (QED) is 0.120. The van der Waals surface area contributed by atoms with Gasteiger partial charge in [0.05, 0.1) is 18.1 Å². The van der Waals surface area contributed by atoms with E-state index in [0.717, 1.165) is 68.6 Å². The van der Waals surface area contributed by atoms with Crippen LogP contribution in [-0.4, -0.2) is 35.9 Å². The Morgan fingerprint density at radius 2 is 1.77 bits per heavy atom. The van der Waals surface area contributed by atoms with Gasteiger partial charge in [0.15, 0.2) is 5.84 Å². The SMILES string of the molecule is C=CCC/C=C/C1=NC(/C(=C/C=C/C(/C=C\CC2N=C(c3ccccc3)N=CN2)=C2\C=CCCC2)c2ccccc2)C(CC)C(C2=CC=CCC2)=N1. The van der Waals surface area contributed by atoms with Crippen molar-refractivity contribution in [3.8, 4) is 0 Å². The largest absolute Gasteiger partial charge is 0.354 e. The van der Waals surface area contributed by atoms with Crippen LogP contribution in [0.1, 0.15) is 75.8 Å².